The number of aryl methyl sites for hydroxylation is 1. The van der Waals surface area contributed by atoms with Gasteiger partial charge in [-0.1, -0.05) is 5.10 Å². The number of aromatic nitrogens is 4. The minimum absolute atomic E-state index is 0.0297. The first-order valence-corrected chi connectivity index (χ1v) is 7.31. The number of ether oxygens (including phenoxy) is 1. The molecule has 1 saturated heterocycles. The van der Waals surface area contributed by atoms with Crippen LogP contribution in [-0.4, -0.2) is 46.4 Å². The summed E-state index contributed by atoms with van der Waals surface area (Å²) in [6, 6.07) is 1.92. The van der Waals surface area contributed by atoms with E-state index >= 15 is 0 Å². The van der Waals surface area contributed by atoms with Gasteiger partial charge in [0.1, 0.15) is 12.3 Å². The van der Waals surface area contributed by atoms with E-state index in [9.17, 15) is 4.79 Å². The molecule has 1 fully saturated rings. The van der Waals surface area contributed by atoms with E-state index < -0.39 is 0 Å². The summed E-state index contributed by atoms with van der Waals surface area (Å²) in [6.45, 7) is 3.96. The van der Waals surface area contributed by atoms with Crippen LogP contribution in [0.3, 0.4) is 0 Å². The quantitative estimate of drug-likeness (QED) is 0.779. The molecule has 0 aliphatic carbocycles. The van der Waals surface area contributed by atoms with Crippen molar-refractivity contribution in [2.45, 2.75) is 26.3 Å². The highest BCUT2D eigenvalue weighted by Crippen LogP contribution is 2.23. The molecule has 22 heavy (non-hydrogen) atoms. The number of furan rings is 1. The Morgan fingerprint density at radius 3 is 2.86 bits per heavy atom. The summed E-state index contributed by atoms with van der Waals surface area (Å²) < 4.78 is 12.0. The number of hydrogen-bond acceptors (Lipinski definition) is 7. The van der Waals surface area contributed by atoms with Crippen LogP contribution in [0.5, 0.6) is 0 Å². The van der Waals surface area contributed by atoms with E-state index in [1.165, 1.54) is 7.11 Å². The van der Waals surface area contributed by atoms with Gasteiger partial charge in [-0.15, -0.1) is 0 Å². The predicted molar refractivity (Wildman–Crippen MR) is 77.3 cm³/mol. The van der Waals surface area contributed by atoms with E-state index in [4.69, 9.17) is 9.15 Å². The van der Waals surface area contributed by atoms with Gasteiger partial charge in [0, 0.05) is 13.1 Å². The Hall–Kier alpha value is -2.38. The maximum absolute atomic E-state index is 11.6. The van der Waals surface area contributed by atoms with Gasteiger partial charge in [-0.25, -0.2) is 4.68 Å². The highest BCUT2D eigenvalue weighted by atomic mass is 16.5. The van der Waals surface area contributed by atoms with E-state index in [-0.39, 0.29) is 11.9 Å². The number of anilines is 1. The summed E-state index contributed by atoms with van der Waals surface area (Å²) in [7, 11) is 1.43. The van der Waals surface area contributed by atoms with E-state index in [1.807, 2.05) is 13.0 Å². The first kappa shape index (κ1) is 14.6. The fourth-order valence-corrected chi connectivity index (χ4v) is 2.71. The highest BCUT2D eigenvalue weighted by Gasteiger charge is 2.28. The van der Waals surface area contributed by atoms with Crippen LogP contribution in [0.4, 0.5) is 5.95 Å². The fourth-order valence-electron chi connectivity index (χ4n) is 2.71. The molecule has 0 saturated carbocycles. The lowest BCUT2D eigenvalue weighted by atomic mass is 9.97. The number of carbonyl (C=O) groups excluding carboxylic acids is 1. The van der Waals surface area contributed by atoms with E-state index in [2.05, 4.69) is 20.4 Å². The first-order chi connectivity index (χ1) is 10.7. The molecule has 1 aliphatic heterocycles. The van der Waals surface area contributed by atoms with Crippen LogP contribution in [-0.2, 0) is 16.1 Å². The number of tetrazole rings is 1. The summed E-state index contributed by atoms with van der Waals surface area (Å²) >= 11 is 0. The number of nitrogens with zero attached hydrogens (tertiary/aromatic N) is 5. The molecule has 8 nitrogen and oxygen atoms in total. The largest absolute Gasteiger partial charge is 0.469 e. The van der Waals surface area contributed by atoms with Gasteiger partial charge in [-0.2, -0.15) is 0 Å². The van der Waals surface area contributed by atoms with Gasteiger partial charge in [-0.3, -0.25) is 4.79 Å². The third-order valence-corrected chi connectivity index (χ3v) is 4.09. The van der Waals surface area contributed by atoms with Crippen molar-refractivity contribution < 1.29 is 13.9 Å². The summed E-state index contributed by atoms with van der Waals surface area (Å²) in [5, 5.41) is 11.9. The summed E-state index contributed by atoms with van der Waals surface area (Å²) in [5.41, 5.74) is 1.07. The molecule has 0 aromatic carbocycles. The highest BCUT2D eigenvalue weighted by molar-refractivity contribution is 5.72. The lowest BCUT2D eigenvalue weighted by molar-refractivity contribution is -0.146. The standard InChI is InChI=1S/C14H19N5O3/c1-10-5-8-22-12(10)9-19-14(15-16-17-19)18-6-3-11(4-7-18)13(20)21-2/h5,8,11H,3-4,6-7,9H2,1-2H3. The predicted octanol–water partition coefficient (Wildman–Crippen LogP) is 1.01. The summed E-state index contributed by atoms with van der Waals surface area (Å²) in [4.78, 5) is 13.7. The van der Waals surface area contributed by atoms with Crippen LogP contribution in [0.1, 0.15) is 24.2 Å². The maximum Gasteiger partial charge on any atom is 0.308 e. The summed E-state index contributed by atoms with van der Waals surface area (Å²) in [5.74, 6) is 1.39. The zero-order valence-electron chi connectivity index (χ0n) is 12.7. The van der Waals surface area contributed by atoms with E-state index in [1.54, 1.807) is 10.9 Å². The lowest BCUT2D eigenvalue weighted by Gasteiger charge is -2.30. The maximum atomic E-state index is 11.6. The Morgan fingerprint density at radius 2 is 2.23 bits per heavy atom. The van der Waals surface area contributed by atoms with Gasteiger partial charge in [0.05, 0.1) is 19.3 Å². The van der Waals surface area contributed by atoms with Crippen LogP contribution >= 0.6 is 0 Å². The van der Waals surface area contributed by atoms with Gasteiger partial charge < -0.3 is 14.1 Å². The Morgan fingerprint density at radius 1 is 1.45 bits per heavy atom. The molecule has 1 aliphatic rings. The van der Waals surface area contributed by atoms with Gasteiger partial charge in [0.2, 0.25) is 5.95 Å². The molecule has 0 atom stereocenters. The molecule has 2 aromatic heterocycles. The van der Waals surface area contributed by atoms with Crippen LogP contribution in [0, 0.1) is 12.8 Å². The molecule has 2 aromatic rings. The average Bonchev–Trinajstić information content (AvgIpc) is 3.17. The van der Waals surface area contributed by atoms with Crippen molar-refractivity contribution in [1.29, 1.82) is 0 Å². The number of hydrogen-bond donors (Lipinski definition) is 0. The fraction of sp³-hybridized carbons (Fsp3) is 0.571. The van der Waals surface area contributed by atoms with Gasteiger partial charge >= 0.3 is 5.97 Å². The van der Waals surface area contributed by atoms with Gasteiger partial charge in [0.15, 0.2) is 0 Å². The number of methoxy groups -OCH3 is 1. The molecule has 0 radical (unpaired) electrons. The number of piperidine rings is 1. The van der Waals surface area contributed by atoms with Crippen molar-refractivity contribution >= 4 is 11.9 Å². The van der Waals surface area contributed by atoms with Crippen molar-refractivity contribution in [3.8, 4) is 0 Å². The first-order valence-electron chi connectivity index (χ1n) is 7.31. The molecule has 8 heteroatoms. The van der Waals surface area contributed by atoms with Crippen LogP contribution in [0.15, 0.2) is 16.7 Å². The number of rotatable bonds is 4. The zero-order valence-corrected chi connectivity index (χ0v) is 12.7. The molecule has 0 N–H and O–H groups in total. The Labute approximate surface area is 128 Å². The second kappa shape index (κ2) is 6.17. The van der Waals surface area contributed by atoms with Crippen LogP contribution < -0.4 is 4.90 Å². The lowest BCUT2D eigenvalue weighted by Crippen LogP contribution is -2.38. The van der Waals surface area contributed by atoms with Crippen molar-refractivity contribution in [2.24, 2.45) is 5.92 Å². The van der Waals surface area contributed by atoms with E-state index in [0.29, 0.717) is 12.5 Å². The second-order valence-electron chi connectivity index (χ2n) is 5.45. The normalized spacial score (nSPS) is 16.0. The molecule has 0 bridgehead atoms. The topological polar surface area (TPSA) is 86.3 Å². The minimum atomic E-state index is -0.134. The minimum Gasteiger partial charge on any atom is -0.469 e. The Kier molecular flexibility index (Phi) is 4.08. The number of esters is 1. The summed E-state index contributed by atoms with van der Waals surface area (Å²) in [6.07, 6.45) is 3.16. The Bertz CT molecular complexity index is 642. The zero-order chi connectivity index (χ0) is 15.5. The molecular formula is C14H19N5O3. The number of carbonyl (C=O) groups is 1. The molecule has 3 heterocycles. The average molecular weight is 305 g/mol. The molecular weight excluding hydrogens is 286 g/mol. The van der Waals surface area contributed by atoms with Crippen molar-refractivity contribution in [3.63, 3.8) is 0 Å². The van der Waals surface area contributed by atoms with Crippen LogP contribution in [0.25, 0.3) is 0 Å². The molecule has 0 unspecified atom stereocenters. The van der Waals surface area contributed by atoms with E-state index in [0.717, 1.165) is 37.3 Å². The monoisotopic (exact) mass is 305 g/mol. The van der Waals surface area contributed by atoms with Crippen LogP contribution in [0.2, 0.25) is 0 Å². The van der Waals surface area contributed by atoms with Crippen molar-refractivity contribution in [3.05, 3.63) is 23.7 Å². The second-order valence-corrected chi connectivity index (χ2v) is 5.45. The smallest absolute Gasteiger partial charge is 0.308 e. The molecule has 0 spiro atoms. The molecule has 3 rings (SSSR count). The van der Waals surface area contributed by atoms with Crippen molar-refractivity contribution in [1.82, 2.24) is 20.2 Å². The molecule has 118 valence electrons. The molecule has 0 amide bonds. The third kappa shape index (κ3) is 2.81. The van der Waals surface area contributed by atoms with Gasteiger partial charge in [-0.05, 0) is 41.8 Å². The van der Waals surface area contributed by atoms with Crippen molar-refractivity contribution in [2.75, 3.05) is 25.1 Å². The third-order valence-electron chi connectivity index (χ3n) is 4.09. The van der Waals surface area contributed by atoms with Gasteiger partial charge in [0.25, 0.3) is 0 Å². The Balaban J connectivity index is 1.68. The SMILES string of the molecule is COC(=O)C1CCN(c2nnnn2Cc2occc2C)CC1.